The third-order valence-corrected chi connectivity index (χ3v) is 3.24. The zero-order valence-corrected chi connectivity index (χ0v) is 11.2. The minimum absolute atomic E-state index is 0.223. The van der Waals surface area contributed by atoms with Gasteiger partial charge in [-0.3, -0.25) is 9.89 Å². The van der Waals surface area contributed by atoms with Gasteiger partial charge in [-0.2, -0.15) is 16.9 Å². The summed E-state index contributed by atoms with van der Waals surface area (Å²) in [5.41, 5.74) is 0.395. The van der Waals surface area contributed by atoms with E-state index in [1.54, 1.807) is 24.8 Å². The van der Waals surface area contributed by atoms with Crippen molar-refractivity contribution in [3.63, 3.8) is 0 Å². The predicted octanol–water partition coefficient (Wildman–Crippen LogP) is 0.816. The van der Waals surface area contributed by atoms with Gasteiger partial charge in [0.05, 0.1) is 5.60 Å². The Morgan fingerprint density at radius 3 is 2.94 bits per heavy atom. The van der Waals surface area contributed by atoms with Gasteiger partial charge < -0.3 is 10.4 Å². The topological polar surface area (TPSA) is 78.0 Å². The molecule has 0 aliphatic carbocycles. The van der Waals surface area contributed by atoms with Gasteiger partial charge in [-0.15, -0.1) is 0 Å². The Morgan fingerprint density at radius 1 is 1.71 bits per heavy atom. The first-order chi connectivity index (χ1) is 7.98. The fraction of sp³-hybridized carbons (Fsp3) is 0.636. The lowest BCUT2D eigenvalue weighted by Crippen LogP contribution is -2.42. The van der Waals surface area contributed by atoms with Crippen molar-refractivity contribution in [2.75, 3.05) is 18.6 Å². The molecule has 1 amide bonds. The Labute approximate surface area is 105 Å². The SMILES string of the molecule is CCc1cc(C(=O)NCC(C)(O)CSC)n[nH]1. The van der Waals surface area contributed by atoms with Crippen LogP contribution in [-0.4, -0.2) is 45.4 Å². The highest BCUT2D eigenvalue weighted by Gasteiger charge is 2.21. The molecule has 6 heteroatoms. The van der Waals surface area contributed by atoms with Crippen LogP contribution >= 0.6 is 11.8 Å². The van der Waals surface area contributed by atoms with E-state index in [2.05, 4.69) is 15.5 Å². The monoisotopic (exact) mass is 257 g/mol. The fourth-order valence-corrected chi connectivity index (χ4v) is 2.11. The molecule has 0 aromatic carbocycles. The number of hydrogen-bond donors (Lipinski definition) is 3. The number of carbonyl (C=O) groups excluding carboxylic acids is 1. The smallest absolute Gasteiger partial charge is 0.271 e. The summed E-state index contributed by atoms with van der Waals surface area (Å²) in [4.78, 5) is 11.7. The van der Waals surface area contributed by atoms with Crippen molar-refractivity contribution >= 4 is 17.7 Å². The van der Waals surface area contributed by atoms with E-state index in [9.17, 15) is 9.90 Å². The summed E-state index contributed by atoms with van der Waals surface area (Å²) in [6, 6.07) is 1.72. The number of rotatable bonds is 6. The van der Waals surface area contributed by atoms with Crippen LogP contribution in [0.2, 0.25) is 0 Å². The molecular formula is C11H19N3O2S. The second-order valence-electron chi connectivity index (χ2n) is 4.24. The van der Waals surface area contributed by atoms with Crippen LogP contribution in [0.15, 0.2) is 6.07 Å². The number of aromatic amines is 1. The van der Waals surface area contributed by atoms with Crippen molar-refractivity contribution in [3.05, 3.63) is 17.5 Å². The summed E-state index contributed by atoms with van der Waals surface area (Å²) in [5, 5.41) is 19.3. The molecule has 0 aliphatic heterocycles. The highest BCUT2D eigenvalue weighted by atomic mass is 32.2. The summed E-state index contributed by atoms with van der Waals surface area (Å²) >= 11 is 1.54. The molecule has 96 valence electrons. The number of hydrogen-bond acceptors (Lipinski definition) is 4. The molecule has 0 saturated heterocycles. The number of nitrogens with zero attached hydrogens (tertiary/aromatic N) is 1. The summed E-state index contributed by atoms with van der Waals surface area (Å²) in [6.07, 6.45) is 2.72. The predicted molar refractivity (Wildman–Crippen MR) is 69.3 cm³/mol. The molecule has 0 fully saturated rings. The highest BCUT2D eigenvalue weighted by Crippen LogP contribution is 2.09. The first-order valence-corrected chi connectivity index (χ1v) is 6.91. The summed E-state index contributed by atoms with van der Waals surface area (Å²) in [6.45, 7) is 3.91. The molecule has 0 spiro atoms. The van der Waals surface area contributed by atoms with Gasteiger partial charge in [0.2, 0.25) is 0 Å². The van der Waals surface area contributed by atoms with Crippen molar-refractivity contribution in [3.8, 4) is 0 Å². The molecule has 1 rings (SSSR count). The van der Waals surface area contributed by atoms with Gasteiger partial charge in [0.25, 0.3) is 5.91 Å². The largest absolute Gasteiger partial charge is 0.387 e. The van der Waals surface area contributed by atoms with Crippen molar-refractivity contribution < 1.29 is 9.90 Å². The first kappa shape index (κ1) is 14.1. The zero-order chi connectivity index (χ0) is 12.9. The van der Waals surface area contributed by atoms with E-state index in [1.807, 2.05) is 13.2 Å². The van der Waals surface area contributed by atoms with Gasteiger partial charge in [0, 0.05) is 18.0 Å². The quantitative estimate of drug-likeness (QED) is 0.705. The number of aryl methyl sites for hydroxylation is 1. The third kappa shape index (κ3) is 4.40. The molecule has 1 heterocycles. The van der Waals surface area contributed by atoms with Crippen LogP contribution in [0, 0.1) is 0 Å². The Balaban J connectivity index is 2.49. The first-order valence-electron chi connectivity index (χ1n) is 5.52. The van der Waals surface area contributed by atoms with Crippen LogP contribution in [0.25, 0.3) is 0 Å². The second-order valence-corrected chi connectivity index (χ2v) is 5.11. The standard InChI is InChI=1S/C11H19N3O2S/c1-4-8-5-9(14-13-8)10(15)12-6-11(2,16)7-17-3/h5,16H,4,6-7H2,1-3H3,(H,12,15)(H,13,14). The van der Waals surface area contributed by atoms with Crippen LogP contribution in [0.3, 0.4) is 0 Å². The van der Waals surface area contributed by atoms with Gasteiger partial charge in [0.15, 0.2) is 0 Å². The molecule has 17 heavy (non-hydrogen) atoms. The molecule has 3 N–H and O–H groups in total. The molecule has 1 aromatic heterocycles. The number of H-pyrrole nitrogens is 1. The van der Waals surface area contributed by atoms with Crippen molar-refractivity contribution in [1.82, 2.24) is 15.5 Å². The number of amides is 1. The van der Waals surface area contributed by atoms with E-state index in [-0.39, 0.29) is 12.5 Å². The van der Waals surface area contributed by atoms with Crippen LogP contribution in [-0.2, 0) is 6.42 Å². The van der Waals surface area contributed by atoms with E-state index in [1.165, 1.54) is 0 Å². The molecule has 1 atom stereocenters. The van der Waals surface area contributed by atoms with Gasteiger partial charge >= 0.3 is 0 Å². The maximum atomic E-state index is 11.7. The minimum Gasteiger partial charge on any atom is -0.387 e. The Hall–Kier alpha value is -1.01. The number of nitrogens with one attached hydrogen (secondary N) is 2. The van der Waals surface area contributed by atoms with E-state index in [0.29, 0.717) is 11.4 Å². The lowest BCUT2D eigenvalue weighted by atomic mass is 10.1. The summed E-state index contributed by atoms with van der Waals surface area (Å²) in [7, 11) is 0. The number of aliphatic hydroxyl groups is 1. The van der Waals surface area contributed by atoms with Gasteiger partial charge in [-0.25, -0.2) is 0 Å². The average molecular weight is 257 g/mol. The van der Waals surface area contributed by atoms with Crippen molar-refractivity contribution in [2.45, 2.75) is 25.9 Å². The Bertz CT molecular complexity index is 377. The molecule has 0 bridgehead atoms. The van der Waals surface area contributed by atoms with E-state index in [4.69, 9.17) is 0 Å². The average Bonchev–Trinajstić information content (AvgIpc) is 2.74. The molecule has 5 nitrogen and oxygen atoms in total. The fourth-order valence-electron chi connectivity index (χ4n) is 1.38. The minimum atomic E-state index is -0.890. The molecule has 1 aromatic rings. The highest BCUT2D eigenvalue weighted by molar-refractivity contribution is 7.98. The van der Waals surface area contributed by atoms with Gasteiger partial charge in [0.1, 0.15) is 5.69 Å². The lowest BCUT2D eigenvalue weighted by molar-refractivity contribution is 0.0722. The van der Waals surface area contributed by atoms with Crippen LogP contribution in [0.1, 0.15) is 30.0 Å². The van der Waals surface area contributed by atoms with Crippen molar-refractivity contribution in [2.24, 2.45) is 0 Å². The third-order valence-electron chi connectivity index (χ3n) is 2.33. The zero-order valence-electron chi connectivity index (χ0n) is 10.4. The van der Waals surface area contributed by atoms with E-state index in [0.717, 1.165) is 12.1 Å². The van der Waals surface area contributed by atoms with Crippen LogP contribution in [0.4, 0.5) is 0 Å². The molecule has 0 aliphatic rings. The Morgan fingerprint density at radius 2 is 2.41 bits per heavy atom. The molecular weight excluding hydrogens is 238 g/mol. The lowest BCUT2D eigenvalue weighted by Gasteiger charge is -2.22. The second kappa shape index (κ2) is 6.07. The van der Waals surface area contributed by atoms with Gasteiger partial charge in [-0.05, 0) is 25.7 Å². The molecule has 0 radical (unpaired) electrons. The molecule has 0 saturated carbocycles. The maximum absolute atomic E-state index is 11.7. The van der Waals surface area contributed by atoms with Crippen LogP contribution in [0.5, 0.6) is 0 Å². The molecule has 1 unspecified atom stereocenters. The number of carbonyl (C=O) groups is 1. The van der Waals surface area contributed by atoms with Crippen LogP contribution < -0.4 is 5.32 Å². The Kier molecular flexibility index (Phi) is 5.02. The van der Waals surface area contributed by atoms with E-state index < -0.39 is 5.60 Å². The number of aromatic nitrogens is 2. The van der Waals surface area contributed by atoms with Gasteiger partial charge in [-0.1, -0.05) is 6.92 Å². The summed E-state index contributed by atoms with van der Waals surface area (Å²) in [5.74, 6) is 0.316. The normalized spacial score (nSPS) is 14.4. The number of thioether (sulfide) groups is 1. The van der Waals surface area contributed by atoms with Crippen molar-refractivity contribution in [1.29, 1.82) is 0 Å². The van der Waals surface area contributed by atoms with E-state index >= 15 is 0 Å². The maximum Gasteiger partial charge on any atom is 0.271 e. The summed E-state index contributed by atoms with van der Waals surface area (Å²) < 4.78 is 0.